The molecule has 0 heterocycles. The molecule has 0 saturated carbocycles. The zero-order chi connectivity index (χ0) is 0. The van der Waals surface area contributed by atoms with Crippen LogP contribution in [0.25, 0.3) is 0 Å². The van der Waals surface area contributed by atoms with Gasteiger partial charge in [-0.1, -0.05) is 0 Å². The Bertz CT molecular complexity index is 6.85. The Morgan fingerprint density at radius 1 is 0.600 bits per heavy atom. The van der Waals surface area contributed by atoms with Gasteiger partial charge in [-0.25, -0.2) is 0 Å². The van der Waals surface area contributed by atoms with E-state index in [-0.39, 0.29) is 87.8 Å². The van der Waals surface area contributed by atoms with Gasteiger partial charge < -0.3 is 16.4 Å². The summed E-state index contributed by atoms with van der Waals surface area (Å²) < 4.78 is 0. The summed E-state index contributed by atoms with van der Waals surface area (Å²) in [6.45, 7) is 0. The molecule has 5 heavy (non-hydrogen) atoms. The van der Waals surface area contributed by atoms with Gasteiger partial charge in [-0.05, 0) is 0 Å². The summed E-state index contributed by atoms with van der Waals surface area (Å²) in [6, 6.07) is 0. The molecule has 0 radical (unpaired) electrons. The van der Waals surface area contributed by atoms with Gasteiger partial charge in [0.1, 0.15) is 0 Å². The maximum Gasteiger partial charge on any atom is 4.00 e. The predicted octanol–water partition coefficient (Wildman–Crippen LogP) is -0.740. The molecule has 5 heteroatoms. The van der Waals surface area contributed by atoms with Crippen LogP contribution >= 0.6 is 0 Å². The summed E-state index contributed by atoms with van der Waals surface area (Å²) in [5.41, 5.74) is 0. The van der Waals surface area contributed by atoms with E-state index >= 15 is 0 Å². The third-order valence-corrected chi connectivity index (χ3v) is 0. The van der Waals surface area contributed by atoms with E-state index in [9.17, 15) is 0 Å². The quantitative estimate of drug-likeness (QED) is 0.528. The molecular formula is HfO3Sr. The van der Waals surface area contributed by atoms with Crippen LogP contribution in [0.3, 0.4) is 0 Å². The van der Waals surface area contributed by atoms with Gasteiger partial charge >= 0.3 is 71.3 Å². The molecule has 0 aliphatic carbocycles. The Morgan fingerprint density at radius 2 is 0.600 bits per heavy atom. The molecule has 0 bridgehead atoms. The summed E-state index contributed by atoms with van der Waals surface area (Å²) in [4.78, 5) is 0. The Kier molecular flexibility index (Phi) is 387. The monoisotopic (exact) mass is 316 g/mol. The fourth-order valence-corrected chi connectivity index (χ4v) is 0. The Labute approximate surface area is 86.1 Å². The van der Waals surface area contributed by atoms with Gasteiger partial charge in [0.25, 0.3) is 0 Å². The van der Waals surface area contributed by atoms with Gasteiger partial charge in [0.05, 0.1) is 0 Å². The van der Waals surface area contributed by atoms with Crippen LogP contribution < -0.4 is 0 Å². The van der Waals surface area contributed by atoms with Crippen LogP contribution in [0, 0.1) is 0 Å². The molecule has 3 nitrogen and oxygen atoms in total. The molecule has 0 spiro atoms. The third-order valence-electron chi connectivity index (χ3n) is 0. The summed E-state index contributed by atoms with van der Waals surface area (Å²) in [6.07, 6.45) is 0. The van der Waals surface area contributed by atoms with Crippen molar-refractivity contribution in [1.29, 1.82) is 0 Å². The minimum absolute atomic E-state index is 0. The molecule has 0 amide bonds. The second-order valence-electron chi connectivity index (χ2n) is 0. The van der Waals surface area contributed by atoms with Crippen LogP contribution in [-0.2, 0) is 42.3 Å². The normalized spacial score (nSPS) is 0. The van der Waals surface area contributed by atoms with E-state index < -0.39 is 0 Å². The summed E-state index contributed by atoms with van der Waals surface area (Å²) in [5, 5.41) is 0. The average molecular weight is 314 g/mol. The first kappa shape index (κ1) is 56.4. The summed E-state index contributed by atoms with van der Waals surface area (Å²) in [5.74, 6) is 0. The molecule has 24 valence electrons. The van der Waals surface area contributed by atoms with E-state index in [1.54, 1.807) is 0 Å². The van der Waals surface area contributed by atoms with E-state index in [1.165, 1.54) is 0 Å². The fourth-order valence-electron chi connectivity index (χ4n) is 0. The molecule has 0 fully saturated rings. The Balaban J connectivity index is 0. The van der Waals surface area contributed by atoms with E-state index in [0.29, 0.717) is 0 Å². The van der Waals surface area contributed by atoms with Crippen molar-refractivity contribution >= 4 is 45.5 Å². The smallest absolute Gasteiger partial charge is 2.00 e. The van der Waals surface area contributed by atoms with Crippen molar-refractivity contribution in [3.05, 3.63) is 0 Å². The minimum Gasteiger partial charge on any atom is -2.00 e. The van der Waals surface area contributed by atoms with Gasteiger partial charge in [-0.2, -0.15) is 0 Å². The predicted molar refractivity (Wildman–Crippen MR) is 7.81 cm³/mol. The molecule has 0 aliphatic heterocycles. The largest absolute Gasteiger partial charge is 4.00 e. The van der Waals surface area contributed by atoms with Gasteiger partial charge in [-0.15, -0.1) is 0 Å². The van der Waals surface area contributed by atoms with Crippen LogP contribution in [0.1, 0.15) is 0 Å². The maximum atomic E-state index is 0. The van der Waals surface area contributed by atoms with Crippen molar-refractivity contribution in [2.75, 3.05) is 0 Å². The standard InChI is InChI=1S/Hf.3O.Sr/q+4;3*-2;+2. The molecule has 0 aromatic heterocycles. The van der Waals surface area contributed by atoms with Crippen molar-refractivity contribution in [3.63, 3.8) is 0 Å². The molecule has 0 saturated heterocycles. The first-order valence-electron chi connectivity index (χ1n) is 0. The van der Waals surface area contributed by atoms with Crippen LogP contribution in [-0.4, -0.2) is 45.5 Å². The molecular weight excluding hydrogens is 314 g/mol. The van der Waals surface area contributed by atoms with Gasteiger partial charge in [0.2, 0.25) is 0 Å². The van der Waals surface area contributed by atoms with E-state index in [0.717, 1.165) is 0 Å². The molecule has 0 aromatic carbocycles. The fraction of sp³-hybridized carbons (Fsp3) is 0. The summed E-state index contributed by atoms with van der Waals surface area (Å²) in [7, 11) is 0. The van der Waals surface area contributed by atoms with Crippen molar-refractivity contribution in [3.8, 4) is 0 Å². The van der Waals surface area contributed by atoms with Crippen molar-refractivity contribution in [1.82, 2.24) is 0 Å². The summed E-state index contributed by atoms with van der Waals surface area (Å²) >= 11 is 0. The van der Waals surface area contributed by atoms with Gasteiger partial charge in [0.15, 0.2) is 0 Å². The van der Waals surface area contributed by atoms with Crippen molar-refractivity contribution in [2.45, 2.75) is 0 Å². The number of hydrogen-bond donors (Lipinski definition) is 0. The van der Waals surface area contributed by atoms with Crippen LogP contribution in [0.5, 0.6) is 0 Å². The van der Waals surface area contributed by atoms with Crippen LogP contribution in [0.15, 0.2) is 0 Å². The third kappa shape index (κ3) is 22.4. The van der Waals surface area contributed by atoms with Crippen molar-refractivity contribution in [2.24, 2.45) is 0 Å². The second kappa shape index (κ2) is 34.3. The first-order valence-corrected chi connectivity index (χ1v) is 0. The van der Waals surface area contributed by atoms with E-state index in [2.05, 4.69) is 0 Å². The topological polar surface area (TPSA) is 85.5 Å². The average Bonchev–Trinajstić information content (AvgIpc) is 0. The molecule has 0 atom stereocenters. The molecule has 0 unspecified atom stereocenters. The second-order valence-corrected chi connectivity index (χ2v) is 0. The first-order chi connectivity index (χ1) is 0. The minimum atomic E-state index is 0. The Morgan fingerprint density at radius 3 is 0.600 bits per heavy atom. The zero-order valence-corrected chi connectivity index (χ0v) is 9.50. The zero-order valence-electron chi connectivity index (χ0n) is 2.43. The number of hydrogen-bond acceptors (Lipinski definition) is 0. The van der Waals surface area contributed by atoms with E-state index in [4.69, 9.17) is 0 Å². The molecule has 0 rings (SSSR count). The van der Waals surface area contributed by atoms with E-state index in [1.807, 2.05) is 0 Å². The molecule has 0 N–H and O–H groups in total. The van der Waals surface area contributed by atoms with Gasteiger partial charge in [-0.3, -0.25) is 0 Å². The van der Waals surface area contributed by atoms with Crippen LogP contribution in [0.2, 0.25) is 0 Å². The maximum absolute atomic E-state index is 0. The van der Waals surface area contributed by atoms with Crippen LogP contribution in [0.4, 0.5) is 0 Å². The number of rotatable bonds is 0. The SMILES string of the molecule is [Hf+4].[O-2].[O-2].[O-2].[Sr+2]. The Hall–Kier alpha value is 2.23. The van der Waals surface area contributed by atoms with Gasteiger partial charge in [0, 0.05) is 0 Å². The molecule has 0 aliphatic rings. The van der Waals surface area contributed by atoms with Crippen molar-refractivity contribution < 1.29 is 42.3 Å². The molecule has 0 aromatic rings.